The summed E-state index contributed by atoms with van der Waals surface area (Å²) in [4.78, 5) is 30.4. The van der Waals surface area contributed by atoms with Crippen molar-refractivity contribution in [2.75, 3.05) is 18.1 Å². The van der Waals surface area contributed by atoms with E-state index in [0.717, 1.165) is 30.3 Å². The Morgan fingerprint density at radius 2 is 1.82 bits per heavy atom. The Kier molecular flexibility index (Phi) is 6.39. The molecule has 1 aromatic heterocycles. The standard InChI is InChI=1S/C21H24F3N3O5S/c22-21(23,24)20-25-16-7-3-4-8-17(16)26(20)11-19(29)32-12-18(28)27(14-5-1-2-6-14)15-9-10-33(30,31)13-15/h3-4,7-8,14-15H,1-2,5-6,9-13H2/t15-/m1/s1. The molecule has 0 bridgehead atoms. The van der Waals surface area contributed by atoms with E-state index < -0.39 is 52.9 Å². The minimum Gasteiger partial charge on any atom is -0.454 e. The van der Waals surface area contributed by atoms with Crippen LogP contribution in [0.25, 0.3) is 11.0 Å². The average Bonchev–Trinajstić information content (AvgIpc) is 3.46. The highest BCUT2D eigenvalue weighted by molar-refractivity contribution is 7.91. The first kappa shape index (κ1) is 23.5. The summed E-state index contributed by atoms with van der Waals surface area (Å²) in [6.07, 6.45) is -1.13. The van der Waals surface area contributed by atoms with Crippen molar-refractivity contribution >= 4 is 32.7 Å². The molecule has 2 aliphatic rings. The molecule has 33 heavy (non-hydrogen) atoms. The lowest BCUT2D eigenvalue weighted by molar-refractivity contribution is -0.156. The van der Waals surface area contributed by atoms with E-state index in [1.807, 2.05) is 0 Å². The smallest absolute Gasteiger partial charge is 0.449 e. The Morgan fingerprint density at radius 3 is 2.45 bits per heavy atom. The van der Waals surface area contributed by atoms with Crippen LogP contribution in [0.2, 0.25) is 0 Å². The second kappa shape index (κ2) is 8.96. The van der Waals surface area contributed by atoms with Gasteiger partial charge in [-0.3, -0.25) is 9.59 Å². The fourth-order valence-electron chi connectivity index (χ4n) is 4.73. The van der Waals surface area contributed by atoms with Gasteiger partial charge >= 0.3 is 12.1 Å². The molecule has 0 radical (unpaired) electrons. The van der Waals surface area contributed by atoms with E-state index in [-0.39, 0.29) is 28.6 Å². The molecule has 2 heterocycles. The first-order valence-corrected chi connectivity index (χ1v) is 12.6. The van der Waals surface area contributed by atoms with Crippen molar-refractivity contribution < 1.29 is 35.9 Å². The lowest BCUT2D eigenvalue weighted by atomic mass is 10.1. The summed E-state index contributed by atoms with van der Waals surface area (Å²) in [6, 6.07) is 5.30. The van der Waals surface area contributed by atoms with Crippen LogP contribution in [0, 0.1) is 0 Å². The van der Waals surface area contributed by atoms with Gasteiger partial charge in [-0.2, -0.15) is 13.2 Å². The number of halogens is 3. The molecule has 8 nitrogen and oxygen atoms in total. The van der Waals surface area contributed by atoms with Gasteiger partial charge in [0.2, 0.25) is 5.82 Å². The number of hydrogen-bond acceptors (Lipinski definition) is 6. The quantitative estimate of drug-likeness (QED) is 0.581. The average molecular weight is 488 g/mol. The third-order valence-corrected chi connectivity index (χ3v) is 7.91. The molecule has 1 aromatic carbocycles. The van der Waals surface area contributed by atoms with Crippen molar-refractivity contribution in [1.82, 2.24) is 14.5 Å². The number of hydrogen-bond donors (Lipinski definition) is 0. The number of esters is 1. The fraction of sp³-hybridized carbons (Fsp3) is 0.571. The minimum atomic E-state index is -4.78. The van der Waals surface area contributed by atoms with E-state index in [1.54, 1.807) is 0 Å². The number of carbonyl (C=O) groups excluding carboxylic acids is 2. The van der Waals surface area contributed by atoms with Crippen molar-refractivity contribution in [3.05, 3.63) is 30.1 Å². The van der Waals surface area contributed by atoms with Crippen LogP contribution in [-0.4, -0.2) is 64.9 Å². The highest BCUT2D eigenvalue weighted by Gasteiger charge is 2.40. The lowest BCUT2D eigenvalue weighted by Gasteiger charge is -2.33. The van der Waals surface area contributed by atoms with E-state index >= 15 is 0 Å². The Hall–Kier alpha value is -2.63. The monoisotopic (exact) mass is 487 g/mol. The van der Waals surface area contributed by atoms with E-state index in [9.17, 15) is 31.2 Å². The van der Waals surface area contributed by atoms with Gasteiger partial charge in [0.25, 0.3) is 5.91 Å². The lowest BCUT2D eigenvalue weighted by Crippen LogP contribution is -2.48. The Bertz CT molecular complexity index is 1160. The van der Waals surface area contributed by atoms with E-state index in [2.05, 4.69) is 4.98 Å². The predicted octanol–water partition coefficient (Wildman–Crippen LogP) is 2.56. The number of imidazole rings is 1. The van der Waals surface area contributed by atoms with E-state index in [4.69, 9.17) is 4.74 Å². The first-order chi connectivity index (χ1) is 15.5. The van der Waals surface area contributed by atoms with Gasteiger partial charge in [0.05, 0.1) is 22.5 Å². The molecular weight excluding hydrogens is 463 g/mol. The summed E-state index contributed by atoms with van der Waals surface area (Å²) in [5, 5.41) is 0. The zero-order valence-corrected chi connectivity index (χ0v) is 18.6. The molecule has 180 valence electrons. The summed E-state index contributed by atoms with van der Waals surface area (Å²) in [5.74, 6) is -2.89. The van der Waals surface area contributed by atoms with Crippen molar-refractivity contribution in [1.29, 1.82) is 0 Å². The van der Waals surface area contributed by atoms with Crippen molar-refractivity contribution in [3.63, 3.8) is 0 Å². The zero-order valence-electron chi connectivity index (χ0n) is 17.8. The summed E-state index contributed by atoms with van der Waals surface area (Å²) < 4.78 is 69.9. The van der Waals surface area contributed by atoms with Gasteiger partial charge in [0.15, 0.2) is 16.4 Å². The van der Waals surface area contributed by atoms with Gasteiger partial charge in [-0.15, -0.1) is 0 Å². The van der Waals surface area contributed by atoms with Crippen molar-refractivity contribution in [2.24, 2.45) is 0 Å². The third-order valence-electron chi connectivity index (χ3n) is 6.16. The van der Waals surface area contributed by atoms with Crippen LogP contribution in [0.3, 0.4) is 0 Å². The van der Waals surface area contributed by atoms with E-state index in [1.165, 1.54) is 29.2 Å². The number of alkyl halides is 3. The number of amides is 1. The van der Waals surface area contributed by atoms with Crippen LogP contribution >= 0.6 is 0 Å². The van der Waals surface area contributed by atoms with Gasteiger partial charge in [0, 0.05) is 12.1 Å². The summed E-state index contributed by atoms with van der Waals surface area (Å²) >= 11 is 0. The SMILES string of the molecule is O=C(Cn1c(C(F)(F)F)nc2ccccc21)OCC(=O)N(C1CCCC1)[C@@H]1CCS(=O)(=O)C1. The summed E-state index contributed by atoms with van der Waals surface area (Å²) in [5.41, 5.74) is 0.209. The van der Waals surface area contributed by atoms with Gasteiger partial charge in [0.1, 0.15) is 6.54 Å². The van der Waals surface area contributed by atoms with Crippen LogP contribution in [0.4, 0.5) is 13.2 Å². The first-order valence-electron chi connectivity index (χ1n) is 10.7. The molecule has 1 saturated carbocycles. The largest absolute Gasteiger partial charge is 0.454 e. The maximum atomic E-state index is 13.4. The highest BCUT2D eigenvalue weighted by atomic mass is 32.2. The molecular formula is C21H24F3N3O5S. The number of sulfone groups is 1. The molecule has 0 spiro atoms. The number of benzene rings is 1. The summed E-state index contributed by atoms with van der Waals surface area (Å²) in [6.45, 7) is -1.41. The van der Waals surface area contributed by atoms with Crippen molar-refractivity contribution in [2.45, 2.75) is 56.9 Å². The Labute approximate surface area is 188 Å². The second-order valence-corrected chi connectivity index (χ2v) is 10.7. The molecule has 2 aromatic rings. The maximum Gasteiger partial charge on any atom is 0.449 e. The van der Waals surface area contributed by atoms with Crippen molar-refractivity contribution in [3.8, 4) is 0 Å². The molecule has 1 aliphatic carbocycles. The molecule has 1 aliphatic heterocycles. The van der Waals surface area contributed by atoms with Gasteiger partial charge in [-0.05, 0) is 31.4 Å². The molecule has 4 rings (SSSR count). The normalized spacial score (nSPS) is 20.9. The van der Waals surface area contributed by atoms with Crippen LogP contribution < -0.4 is 0 Å². The fourth-order valence-corrected chi connectivity index (χ4v) is 6.44. The number of rotatable bonds is 6. The topological polar surface area (TPSA) is 98.6 Å². The van der Waals surface area contributed by atoms with E-state index in [0.29, 0.717) is 6.42 Å². The number of para-hydroxylation sites is 2. The van der Waals surface area contributed by atoms with Gasteiger partial charge in [-0.25, -0.2) is 13.4 Å². The molecule has 2 fully saturated rings. The van der Waals surface area contributed by atoms with Gasteiger partial charge < -0.3 is 14.2 Å². The number of aromatic nitrogens is 2. The van der Waals surface area contributed by atoms with Crippen LogP contribution in [0.5, 0.6) is 0 Å². The minimum absolute atomic E-state index is 0.00186. The number of carbonyl (C=O) groups is 2. The number of nitrogens with zero attached hydrogens (tertiary/aromatic N) is 3. The maximum absolute atomic E-state index is 13.4. The van der Waals surface area contributed by atoms with Gasteiger partial charge in [-0.1, -0.05) is 25.0 Å². The zero-order chi connectivity index (χ0) is 23.8. The highest BCUT2D eigenvalue weighted by Crippen LogP contribution is 2.32. The molecule has 12 heteroatoms. The second-order valence-electron chi connectivity index (χ2n) is 8.46. The molecule has 1 atom stereocenters. The van der Waals surface area contributed by atoms with Crippen LogP contribution in [-0.2, 0) is 36.9 Å². The Morgan fingerprint density at radius 1 is 1.12 bits per heavy atom. The third kappa shape index (κ3) is 5.15. The Balaban J connectivity index is 1.46. The van der Waals surface area contributed by atoms with Crippen LogP contribution in [0.1, 0.15) is 37.9 Å². The molecule has 1 saturated heterocycles. The molecule has 1 amide bonds. The van der Waals surface area contributed by atoms with Crippen LogP contribution in [0.15, 0.2) is 24.3 Å². The number of fused-ring (bicyclic) bond motifs is 1. The molecule has 0 unspecified atom stereocenters. The molecule has 0 N–H and O–H groups in total. The number of ether oxygens (including phenoxy) is 1. The summed E-state index contributed by atoms with van der Waals surface area (Å²) in [7, 11) is -3.23. The predicted molar refractivity (Wildman–Crippen MR) is 112 cm³/mol.